The van der Waals surface area contributed by atoms with E-state index in [0.717, 1.165) is 16.9 Å². The minimum Gasteiger partial charge on any atom is -0.475 e. The van der Waals surface area contributed by atoms with Crippen molar-refractivity contribution in [1.29, 1.82) is 0 Å². The van der Waals surface area contributed by atoms with Crippen molar-refractivity contribution < 1.29 is 14.3 Å². The summed E-state index contributed by atoms with van der Waals surface area (Å²) < 4.78 is 11.2. The zero-order valence-electron chi connectivity index (χ0n) is 12.6. The average molecular weight is 274 g/mol. The summed E-state index contributed by atoms with van der Waals surface area (Å²) in [6.45, 7) is 8.10. The van der Waals surface area contributed by atoms with Crippen molar-refractivity contribution in [3.63, 3.8) is 0 Å². The molecule has 0 aliphatic carbocycles. The fourth-order valence-corrected chi connectivity index (χ4v) is 2.40. The molecule has 0 saturated carbocycles. The Morgan fingerprint density at radius 3 is 2.95 bits per heavy atom. The van der Waals surface area contributed by atoms with Gasteiger partial charge in [-0.25, -0.2) is 4.79 Å². The molecule has 2 rings (SSSR count). The largest absolute Gasteiger partial charge is 0.475 e. The molecule has 2 atom stereocenters. The van der Waals surface area contributed by atoms with E-state index in [0.29, 0.717) is 13.0 Å². The molecule has 20 heavy (non-hydrogen) atoms. The second kappa shape index (κ2) is 5.70. The average Bonchev–Trinajstić information content (AvgIpc) is 2.37. The van der Waals surface area contributed by atoms with Gasteiger partial charge in [-0.1, -0.05) is 31.2 Å². The van der Waals surface area contributed by atoms with Crippen LogP contribution < -0.4 is 4.74 Å². The Balaban J connectivity index is 2.42. The van der Waals surface area contributed by atoms with Gasteiger partial charge in [0.2, 0.25) is 5.60 Å². The highest BCUT2D eigenvalue weighted by molar-refractivity contribution is 5.80. The molecule has 0 saturated heterocycles. The molecule has 0 aromatic heterocycles. The van der Waals surface area contributed by atoms with Crippen LogP contribution in [0.4, 0.5) is 0 Å². The van der Waals surface area contributed by atoms with Crippen LogP contribution in [0.3, 0.4) is 0 Å². The van der Waals surface area contributed by atoms with Crippen molar-refractivity contribution in [1.82, 2.24) is 0 Å². The lowest BCUT2D eigenvalue weighted by atomic mass is 9.93. The lowest BCUT2D eigenvalue weighted by Gasteiger charge is -2.31. The van der Waals surface area contributed by atoms with Crippen LogP contribution in [0.5, 0.6) is 5.75 Å². The molecular formula is C17H22O3. The van der Waals surface area contributed by atoms with Crippen molar-refractivity contribution in [2.75, 3.05) is 6.61 Å². The molecule has 0 amide bonds. The van der Waals surface area contributed by atoms with Gasteiger partial charge >= 0.3 is 5.97 Å². The maximum Gasteiger partial charge on any atom is 0.350 e. The highest BCUT2D eigenvalue weighted by Gasteiger charge is 2.37. The molecule has 1 aliphatic heterocycles. The number of aryl methyl sites for hydroxylation is 1. The van der Waals surface area contributed by atoms with Crippen LogP contribution >= 0.6 is 0 Å². The minimum absolute atomic E-state index is 0.275. The number of carbonyl (C=O) groups is 1. The number of hydrogen-bond donors (Lipinski definition) is 0. The van der Waals surface area contributed by atoms with E-state index < -0.39 is 5.60 Å². The number of carbonyl (C=O) groups excluding carboxylic acids is 1. The van der Waals surface area contributed by atoms with Gasteiger partial charge in [-0.15, -0.1) is 0 Å². The van der Waals surface area contributed by atoms with Crippen molar-refractivity contribution >= 4 is 5.97 Å². The number of hydrogen-bond acceptors (Lipinski definition) is 3. The van der Waals surface area contributed by atoms with Crippen molar-refractivity contribution in [2.45, 2.75) is 45.6 Å². The maximum atomic E-state index is 12.2. The SMILES string of the molecule is CCOC(=O)C1(C)C/C=C\C(C)c2ccc(C)cc2O1. The number of allylic oxidation sites excluding steroid dienone is 1. The molecule has 2 unspecified atom stereocenters. The molecule has 0 spiro atoms. The smallest absolute Gasteiger partial charge is 0.350 e. The molecule has 3 nitrogen and oxygen atoms in total. The lowest BCUT2D eigenvalue weighted by molar-refractivity contribution is -0.160. The second-order valence-electron chi connectivity index (χ2n) is 5.52. The first kappa shape index (κ1) is 14.6. The van der Waals surface area contributed by atoms with Gasteiger partial charge in [-0.3, -0.25) is 0 Å². The molecule has 0 radical (unpaired) electrons. The summed E-state index contributed by atoms with van der Waals surface area (Å²) in [6.07, 6.45) is 4.64. The molecule has 0 bridgehead atoms. The molecule has 108 valence electrons. The van der Waals surface area contributed by atoms with Crippen molar-refractivity contribution in [3.05, 3.63) is 41.5 Å². The van der Waals surface area contributed by atoms with Gasteiger partial charge in [0.25, 0.3) is 0 Å². The summed E-state index contributed by atoms with van der Waals surface area (Å²) in [4.78, 5) is 12.2. The van der Waals surface area contributed by atoms with Crippen molar-refractivity contribution in [3.8, 4) is 5.75 Å². The Morgan fingerprint density at radius 1 is 1.50 bits per heavy atom. The Morgan fingerprint density at radius 2 is 2.25 bits per heavy atom. The fourth-order valence-electron chi connectivity index (χ4n) is 2.40. The predicted molar refractivity (Wildman–Crippen MR) is 79.0 cm³/mol. The third-order valence-corrected chi connectivity index (χ3v) is 3.63. The number of rotatable bonds is 2. The molecule has 0 N–H and O–H groups in total. The summed E-state index contributed by atoms with van der Waals surface area (Å²) >= 11 is 0. The van der Waals surface area contributed by atoms with E-state index in [-0.39, 0.29) is 11.9 Å². The Hall–Kier alpha value is -1.77. The quantitative estimate of drug-likeness (QED) is 0.608. The van der Waals surface area contributed by atoms with Crippen molar-refractivity contribution in [2.24, 2.45) is 0 Å². The summed E-state index contributed by atoms with van der Waals surface area (Å²) in [7, 11) is 0. The van der Waals surface area contributed by atoms with Crippen LogP contribution in [0.1, 0.15) is 44.2 Å². The third-order valence-electron chi connectivity index (χ3n) is 3.63. The van der Waals surface area contributed by atoms with E-state index in [1.54, 1.807) is 13.8 Å². The lowest BCUT2D eigenvalue weighted by Crippen LogP contribution is -2.43. The summed E-state index contributed by atoms with van der Waals surface area (Å²) in [5.74, 6) is 0.737. The highest BCUT2D eigenvalue weighted by atomic mass is 16.6. The highest BCUT2D eigenvalue weighted by Crippen LogP contribution is 2.35. The fraction of sp³-hybridized carbons (Fsp3) is 0.471. The first-order valence-corrected chi connectivity index (χ1v) is 7.09. The van der Waals surface area contributed by atoms with E-state index in [2.05, 4.69) is 25.1 Å². The molecule has 1 aromatic carbocycles. The normalized spacial score (nSPS) is 26.7. The maximum absolute atomic E-state index is 12.2. The first-order valence-electron chi connectivity index (χ1n) is 7.09. The molecule has 3 heteroatoms. The number of fused-ring (bicyclic) bond motifs is 1. The van der Waals surface area contributed by atoms with E-state index in [9.17, 15) is 4.79 Å². The van der Waals surface area contributed by atoms with Gasteiger partial charge in [-0.05, 0) is 32.4 Å². The molecule has 1 heterocycles. The number of benzene rings is 1. The topological polar surface area (TPSA) is 35.5 Å². The van der Waals surface area contributed by atoms with Crippen LogP contribution in [0.2, 0.25) is 0 Å². The molecule has 1 aromatic rings. The Labute approximate surface area is 120 Å². The van der Waals surface area contributed by atoms with E-state index >= 15 is 0 Å². The first-order chi connectivity index (χ1) is 9.46. The summed E-state index contributed by atoms with van der Waals surface area (Å²) in [6, 6.07) is 6.12. The van der Waals surface area contributed by atoms with E-state index in [1.165, 1.54) is 0 Å². The third kappa shape index (κ3) is 2.87. The zero-order chi connectivity index (χ0) is 14.8. The van der Waals surface area contributed by atoms with Crippen LogP contribution in [-0.4, -0.2) is 18.2 Å². The van der Waals surface area contributed by atoms with Gasteiger partial charge in [0.1, 0.15) is 5.75 Å². The molecule has 0 fully saturated rings. The van der Waals surface area contributed by atoms with Crippen LogP contribution in [0.25, 0.3) is 0 Å². The van der Waals surface area contributed by atoms with Crippen LogP contribution in [0, 0.1) is 6.92 Å². The number of ether oxygens (including phenoxy) is 2. The zero-order valence-corrected chi connectivity index (χ0v) is 12.6. The van der Waals surface area contributed by atoms with E-state index in [1.807, 2.05) is 19.1 Å². The van der Waals surface area contributed by atoms with Gasteiger partial charge in [0.15, 0.2) is 0 Å². The van der Waals surface area contributed by atoms with Gasteiger partial charge in [-0.2, -0.15) is 0 Å². The van der Waals surface area contributed by atoms with Gasteiger partial charge in [0, 0.05) is 17.9 Å². The predicted octanol–water partition coefficient (Wildman–Crippen LogP) is 3.76. The Kier molecular flexibility index (Phi) is 4.17. The minimum atomic E-state index is -0.963. The second-order valence-corrected chi connectivity index (χ2v) is 5.52. The monoisotopic (exact) mass is 274 g/mol. The van der Waals surface area contributed by atoms with Gasteiger partial charge < -0.3 is 9.47 Å². The van der Waals surface area contributed by atoms with Crippen LogP contribution in [0.15, 0.2) is 30.4 Å². The van der Waals surface area contributed by atoms with Crippen LogP contribution in [-0.2, 0) is 9.53 Å². The number of esters is 1. The summed E-state index contributed by atoms with van der Waals surface area (Å²) in [5.41, 5.74) is 1.25. The standard InChI is InChI=1S/C17H22O3/c1-5-19-16(18)17(4)10-6-7-13(3)14-9-8-12(2)11-15(14)20-17/h6-9,11,13H,5,10H2,1-4H3/b7-6-. The summed E-state index contributed by atoms with van der Waals surface area (Å²) in [5, 5.41) is 0. The van der Waals surface area contributed by atoms with E-state index in [4.69, 9.17) is 9.47 Å². The molecular weight excluding hydrogens is 252 g/mol. The Bertz CT molecular complexity index is 533. The van der Waals surface area contributed by atoms with Gasteiger partial charge in [0.05, 0.1) is 6.61 Å². The molecule has 1 aliphatic rings.